The van der Waals surface area contributed by atoms with Crippen LogP contribution >= 0.6 is 15.9 Å². The van der Waals surface area contributed by atoms with Gasteiger partial charge >= 0.3 is 0 Å². The predicted octanol–water partition coefficient (Wildman–Crippen LogP) is 2.11. The molecule has 0 aliphatic carbocycles. The average Bonchev–Trinajstić information content (AvgIpc) is 2.58. The Morgan fingerprint density at radius 2 is 1.89 bits per heavy atom. The van der Waals surface area contributed by atoms with Crippen molar-refractivity contribution in [3.63, 3.8) is 0 Å². The first-order valence-electron chi connectivity index (χ1n) is 5.79. The lowest BCUT2D eigenvalue weighted by Crippen LogP contribution is -2.32. The van der Waals surface area contributed by atoms with Crippen molar-refractivity contribution in [2.75, 3.05) is 6.26 Å². The molecule has 18 heavy (non-hydrogen) atoms. The molecule has 5 nitrogen and oxygen atoms in total. The Morgan fingerprint density at radius 1 is 1.33 bits per heavy atom. The van der Waals surface area contributed by atoms with Crippen LogP contribution < -0.4 is 0 Å². The van der Waals surface area contributed by atoms with Gasteiger partial charge in [-0.15, -0.1) is 10.2 Å². The molecule has 0 unspecified atom stereocenters. The number of sulfone groups is 1. The van der Waals surface area contributed by atoms with Gasteiger partial charge in [-0.05, 0) is 19.8 Å². The molecule has 0 aliphatic heterocycles. The number of halogens is 1. The van der Waals surface area contributed by atoms with Crippen molar-refractivity contribution in [3.05, 3.63) is 11.6 Å². The lowest BCUT2D eigenvalue weighted by molar-refractivity contribution is 0.470. The summed E-state index contributed by atoms with van der Waals surface area (Å²) in [6.45, 7) is 8.20. The molecular formula is C11H20BrN3O2S. The van der Waals surface area contributed by atoms with Gasteiger partial charge in [0.25, 0.3) is 0 Å². The molecule has 0 radical (unpaired) electrons. The van der Waals surface area contributed by atoms with Crippen molar-refractivity contribution >= 4 is 25.8 Å². The van der Waals surface area contributed by atoms with Crippen LogP contribution in [-0.4, -0.2) is 29.4 Å². The van der Waals surface area contributed by atoms with Gasteiger partial charge in [-0.25, -0.2) is 8.42 Å². The molecule has 0 saturated heterocycles. The second-order valence-corrected chi connectivity index (χ2v) is 8.49. The van der Waals surface area contributed by atoms with E-state index in [0.717, 1.165) is 5.82 Å². The molecule has 0 N–H and O–H groups in total. The molecule has 0 aromatic carbocycles. The standard InChI is InChI=1S/C11H20BrN3O2S/c1-8(2)7-15-9(6-12)13-14-10(15)11(3,4)18(5,16)17/h8H,6-7H2,1-5H3. The van der Waals surface area contributed by atoms with Crippen LogP contribution in [-0.2, 0) is 26.5 Å². The lowest BCUT2D eigenvalue weighted by atomic mass is 10.1. The molecule has 0 spiro atoms. The summed E-state index contributed by atoms with van der Waals surface area (Å²) in [5.41, 5.74) is 0. The van der Waals surface area contributed by atoms with Gasteiger partial charge in [0, 0.05) is 12.8 Å². The number of aromatic nitrogens is 3. The molecule has 1 heterocycles. The van der Waals surface area contributed by atoms with Crippen LogP contribution in [0.25, 0.3) is 0 Å². The summed E-state index contributed by atoms with van der Waals surface area (Å²) in [5.74, 6) is 1.66. The summed E-state index contributed by atoms with van der Waals surface area (Å²) in [7, 11) is -3.25. The summed E-state index contributed by atoms with van der Waals surface area (Å²) in [5, 5.41) is 8.71. The minimum atomic E-state index is -3.25. The highest BCUT2D eigenvalue weighted by molar-refractivity contribution is 9.08. The van der Waals surface area contributed by atoms with Gasteiger partial charge in [0.05, 0.1) is 5.33 Å². The van der Waals surface area contributed by atoms with Gasteiger partial charge in [0.15, 0.2) is 15.7 Å². The highest BCUT2D eigenvalue weighted by Crippen LogP contribution is 2.28. The maximum absolute atomic E-state index is 11.9. The second kappa shape index (κ2) is 5.28. The van der Waals surface area contributed by atoms with Crippen LogP contribution in [0.1, 0.15) is 39.3 Å². The van der Waals surface area contributed by atoms with E-state index in [9.17, 15) is 8.42 Å². The van der Waals surface area contributed by atoms with Crippen LogP contribution in [0, 0.1) is 5.92 Å². The summed E-state index contributed by atoms with van der Waals surface area (Å²) in [6.07, 6.45) is 1.23. The SMILES string of the molecule is CC(C)Cn1c(CBr)nnc1C(C)(C)S(C)(=O)=O. The van der Waals surface area contributed by atoms with Gasteiger partial charge in [-0.1, -0.05) is 29.8 Å². The minimum absolute atomic E-state index is 0.396. The maximum atomic E-state index is 11.9. The molecule has 0 bridgehead atoms. The Balaban J connectivity index is 3.37. The molecule has 7 heteroatoms. The van der Waals surface area contributed by atoms with Crippen molar-refractivity contribution in [1.29, 1.82) is 0 Å². The Morgan fingerprint density at radius 3 is 2.28 bits per heavy atom. The van der Waals surface area contributed by atoms with Gasteiger partial charge in [0.2, 0.25) is 0 Å². The van der Waals surface area contributed by atoms with E-state index in [2.05, 4.69) is 40.0 Å². The summed E-state index contributed by atoms with van der Waals surface area (Å²) in [4.78, 5) is 0. The molecule has 0 fully saturated rings. The van der Waals surface area contributed by atoms with E-state index in [4.69, 9.17) is 0 Å². The molecule has 0 saturated carbocycles. The molecule has 0 aliphatic rings. The third kappa shape index (κ3) is 2.93. The van der Waals surface area contributed by atoms with Gasteiger partial charge < -0.3 is 4.57 Å². The van der Waals surface area contributed by atoms with E-state index in [1.807, 2.05) is 4.57 Å². The van der Waals surface area contributed by atoms with Gasteiger partial charge in [0.1, 0.15) is 10.6 Å². The fourth-order valence-corrected chi connectivity index (χ4v) is 2.50. The van der Waals surface area contributed by atoms with Crippen molar-refractivity contribution in [2.24, 2.45) is 5.92 Å². The highest BCUT2D eigenvalue weighted by Gasteiger charge is 2.38. The normalized spacial score (nSPS) is 13.3. The van der Waals surface area contributed by atoms with E-state index in [-0.39, 0.29) is 0 Å². The molecule has 104 valence electrons. The topological polar surface area (TPSA) is 64.8 Å². The highest BCUT2D eigenvalue weighted by atomic mass is 79.9. The number of hydrogen-bond donors (Lipinski definition) is 0. The minimum Gasteiger partial charge on any atom is -0.313 e. The second-order valence-electron chi connectivity index (χ2n) is 5.36. The van der Waals surface area contributed by atoms with Gasteiger partial charge in [-0.2, -0.15) is 0 Å². The largest absolute Gasteiger partial charge is 0.313 e. The van der Waals surface area contributed by atoms with E-state index < -0.39 is 14.6 Å². The third-order valence-electron chi connectivity index (χ3n) is 2.96. The summed E-state index contributed by atoms with van der Waals surface area (Å²) >= 11 is 3.36. The monoisotopic (exact) mass is 337 g/mol. The van der Waals surface area contributed by atoms with Gasteiger partial charge in [-0.3, -0.25) is 0 Å². The predicted molar refractivity (Wildman–Crippen MR) is 75.4 cm³/mol. The van der Waals surface area contributed by atoms with E-state index in [1.54, 1.807) is 13.8 Å². The molecule has 1 aromatic rings. The first kappa shape index (κ1) is 15.6. The van der Waals surface area contributed by atoms with Crippen LogP contribution in [0.3, 0.4) is 0 Å². The summed E-state index contributed by atoms with van der Waals surface area (Å²) < 4.78 is 24.7. The Labute approximate surface area is 117 Å². The van der Waals surface area contributed by atoms with Crippen LogP contribution in [0.4, 0.5) is 0 Å². The number of hydrogen-bond acceptors (Lipinski definition) is 4. The number of nitrogens with zero attached hydrogens (tertiary/aromatic N) is 3. The fourth-order valence-electron chi connectivity index (χ4n) is 1.60. The van der Waals surface area contributed by atoms with Crippen LogP contribution in [0.5, 0.6) is 0 Å². The fraction of sp³-hybridized carbons (Fsp3) is 0.818. The molecule has 0 atom stereocenters. The van der Waals surface area contributed by atoms with Crippen molar-refractivity contribution in [2.45, 2.75) is 44.3 Å². The zero-order valence-corrected chi connectivity index (χ0v) is 13.8. The molecule has 1 aromatic heterocycles. The first-order valence-corrected chi connectivity index (χ1v) is 8.80. The zero-order chi connectivity index (χ0) is 14.1. The first-order chi connectivity index (χ1) is 8.11. The smallest absolute Gasteiger partial charge is 0.159 e. The Kier molecular flexibility index (Phi) is 4.59. The molecular weight excluding hydrogens is 318 g/mol. The molecule has 1 rings (SSSR count). The van der Waals surface area contributed by atoms with Crippen molar-refractivity contribution < 1.29 is 8.42 Å². The zero-order valence-electron chi connectivity index (χ0n) is 11.4. The van der Waals surface area contributed by atoms with Crippen LogP contribution in [0.2, 0.25) is 0 Å². The number of alkyl halides is 1. The molecule has 0 amide bonds. The third-order valence-corrected chi connectivity index (χ3v) is 5.50. The average molecular weight is 338 g/mol. The van der Waals surface area contributed by atoms with Crippen molar-refractivity contribution in [3.8, 4) is 0 Å². The Hall–Kier alpha value is -0.430. The van der Waals surface area contributed by atoms with Crippen LogP contribution in [0.15, 0.2) is 0 Å². The lowest BCUT2D eigenvalue weighted by Gasteiger charge is -2.23. The number of rotatable bonds is 5. The Bertz CT molecular complexity index is 520. The quantitative estimate of drug-likeness (QED) is 0.772. The van der Waals surface area contributed by atoms with Crippen molar-refractivity contribution in [1.82, 2.24) is 14.8 Å². The van der Waals surface area contributed by atoms with E-state index >= 15 is 0 Å². The summed E-state index contributed by atoms with van der Waals surface area (Å²) in [6, 6.07) is 0. The van der Waals surface area contributed by atoms with E-state index in [1.165, 1.54) is 6.26 Å². The van der Waals surface area contributed by atoms with E-state index in [0.29, 0.717) is 23.6 Å². The maximum Gasteiger partial charge on any atom is 0.159 e.